The van der Waals surface area contributed by atoms with E-state index in [4.69, 9.17) is 9.15 Å². The number of carbonyl (C=O) groups is 2. The zero-order valence-electron chi connectivity index (χ0n) is 21.1. The smallest absolute Gasteiger partial charge is 0.320 e. The Morgan fingerprint density at radius 2 is 1.74 bits per heavy atom. The van der Waals surface area contributed by atoms with Crippen molar-refractivity contribution in [3.05, 3.63) is 65.6 Å². The molecule has 10 heteroatoms. The number of halogens is 2. The predicted octanol–water partition coefficient (Wildman–Crippen LogP) is 6.35. The molecule has 1 heterocycles. The summed E-state index contributed by atoms with van der Waals surface area (Å²) in [5, 5.41) is 12.8. The molecule has 1 spiro atoms. The van der Waals surface area contributed by atoms with Gasteiger partial charge in [0.1, 0.15) is 0 Å². The number of ether oxygens (including phenoxy) is 1. The van der Waals surface area contributed by atoms with Crippen LogP contribution in [-0.4, -0.2) is 28.7 Å². The van der Waals surface area contributed by atoms with Crippen molar-refractivity contribution in [2.24, 2.45) is 11.3 Å². The first-order valence-corrected chi connectivity index (χ1v) is 12.9. The fraction of sp³-hybridized carbons (Fsp3) is 0.429. The van der Waals surface area contributed by atoms with Crippen molar-refractivity contribution in [2.75, 3.05) is 17.2 Å². The number of nitrogens with zero attached hydrogens (tertiary/aromatic N) is 2. The number of anilines is 3. The Bertz CT molecular complexity index is 1290. The van der Waals surface area contributed by atoms with E-state index in [-0.39, 0.29) is 23.6 Å². The largest absolute Gasteiger partial charge is 0.466 e. The molecule has 0 atom stereocenters. The van der Waals surface area contributed by atoms with Crippen molar-refractivity contribution in [1.82, 2.24) is 10.2 Å². The lowest BCUT2D eigenvalue weighted by Crippen LogP contribution is -2.41. The standard InChI is InChI=1S/C28H30F2N4O4/c1-2-37-24(35)13-17-15-28(16-17)11-9-19(10-12-28)18-3-5-20(6-4-18)31-25(36)26-33-34-27(38-26)32-21-7-8-22(29)23(30)14-21/h3-8,14,17,19H,2,9-13,15-16H2,1H3,(H,31,36)(H,32,34). The van der Waals surface area contributed by atoms with E-state index in [1.54, 1.807) is 0 Å². The summed E-state index contributed by atoms with van der Waals surface area (Å²) < 4.78 is 36.8. The summed E-state index contributed by atoms with van der Waals surface area (Å²) in [6, 6.07) is 10.9. The van der Waals surface area contributed by atoms with E-state index in [2.05, 4.69) is 20.8 Å². The highest BCUT2D eigenvalue weighted by Gasteiger charge is 2.46. The van der Waals surface area contributed by atoms with Crippen LogP contribution in [0.1, 0.15) is 74.0 Å². The van der Waals surface area contributed by atoms with Crippen LogP contribution in [0.25, 0.3) is 0 Å². The topological polar surface area (TPSA) is 106 Å². The number of amides is 1. The minimum atomic E-state index is -1.02. The van der Waals surface area contributed by atoms with Crippen LogP contribution in [0, 0.1) is 23.0 Å². The van der Waals surface area contributed by atoms with Gasteiger partial charge in [0.15, 0.2) is 11.6 Å². The Morgan fingerprint density at radius 1 is 1.03 bits per heavy atom. The average molecular weight is 525 g/mol. The SMILES string of the molecule is CCOC(=O)CC1CC2(CCC(c3ccc(NC(=O)c4nnc(Nc5ccc(F)c(F)c5)o4)cc3)CC2)C1. The van der Waals surface area contributed by atoms with Gasteiger partial charge >= 0.3 is 23.8 Å². The lowest BCUT2D eigenvalue weighted by atomic mass is 9.53. The number of nitrogens with one attached hydrogen (secondary N) is 2. The summed E-state index contributed by atoms with van der Waals surface area (Å²) in [4.78, 5) is 24.3. The van der Waals surface area contributed by atoms with Gasteiger partial charge in [0.25, 0.3) is 0 Å². The maximum absolute atomic E-state index is 13.4. The third-order valence-corrected chi connectivity index (χ3v) is 7.68. The van der Waals surface area contributed by atoms with Gasteiger partial charge in [-0.15, -0.1) is 5.10 Å². The predicted molar refractivity (Wildman–Crippen MR) is 136 cm³/mol. The maximum Gasteiger partial charge on any atom is 0.320 e. The van der Waals surface area contributed by atoms with Crippen LogP contribution in [-0.2, 0) is 9.53 Å². The van der Waals surface area contributed by atoms with E-state index < -0.39 is 17.5 Å². The Kier molecular flexibility index (Phi) is 7.40. The molecule has 0 saturated heterocycles. The highest BCUT2D eigenvalue weighted by atomic mass is 19.2. The average Bonchev–Trinajstić information content (AvgIpc) is 3.35. The summed E-state index contributed by atoms with van der Waals surface area (Å²) >= 11 is 0. The van der Waals surface area contributed by atoms with Gasteiger partial charge in [-0.1, -0.05) is 17.2 Å². The molecular formula is C28H30F2N4O4. The van der Waals surface area contributed by atoms with Gasteiger partial charge in [0.05, 0.1) is 6.61 Å². The van der Waals surface area contributed by atoms with Crippen molar-refractivity contribution in [3.63, 3.8) is 0 Å². The number of rotatable bonds is 8. The van der Waals surface area contributed by atoms with Crippen LogP contribution in [0.3, 0.4) is 0 Å². The number of aromatic nitrogens is 2. The minimum Gasteiger partial charge on any atom is -0.466 e. The molecule has 38 heavy (non-hydrogen) atoms. The molecule has 2 aliphatic rings. The molecule has 0 bridgehead atoms. The van der Waals surface area contributed by atoms with E-state index in [9.17, 15) is 18.4 Å². The van der Waals surface area contributed by atoms with Crippen molar-refractivity contribution < 1.29 is 27.5 Å². The van der Waals surface area contributed by atoms with Crippen LogP contribution in [0.15, 0.2) is 46.9 Å². The first-order valence-electron chi connectivity index (χ1n) is 12.9. The highest BCUT2D eigenvalue weighted by Crippen LogP contribution is 2.58. The fourth-order valence-electron chi connectivity index (χ4n) is 5.82. The Labute approximate surface area is 219 Å². The Hall–Kier alpha value is -3.82. The molecule has 2 aromatic carbocycles. The van der Waals surface area contributed by atoms with Gasteiger partial charge in [-0.05, 0) is 92.5 Å². The molecular weight excluding hydrogens is 494 g/mol. The molecule has 200 valence electrons. The quantitative estimate of drug-likeness (QED) is 0.331. The third kappa shape index (κ3) is 5.84. The molecule has 2 saturated carbocycles. The Balaban J connectivity index is 1.10. The normalized spacial score (nSPS) is 22.5. The fourth-order valence-corrected chi connectivity index (χ4v) is 5.82. The van der Waals surface area contributed by atoms with Gasteiger partial charge in [-0.25, -0.2) is 8.78 Å². The molecule has 2 aliphatic carbocycles. The lowest BCUT2D eigenvalue weighted by Gasteiger charge is -2.51. The Morgan fingerprint density at radius 3 is 2.42 bits per heavy atom. The minimum absolute atomic E-state index is 0.0777. The molecule has 0 unspecified atom stereocenters. The molecule has 8 nitrogen and oxygen atoms in total. The van der Waals surface area contributed by atoms with Gasteiger partial charge in [-0.3, -0.25) is 9.59 Å². The first kappa shape index (κ1) is 25.8. The van der Waals surface area contributed by atoms with Gasteiger partial charge < -0.3 is 19.8 Å². The number of benzene rings is 2. The number of esters is 1. The molecule has 0 radical (unpaired) electrons. The van der Waals surface area contributed by atoms with Crippen LogP contribution in [0.2, 0.25) is 0 Å². The second-order valence-corrected chi connectivity index (χ2v) is 10.3. The summed E-state index contributed by atoms with van der Waals surface area (Å²) in [7, 11) is 0. The van der Waals surface area contributed by atoms with Crippen molar-refractivity contribution >= 4 is 29.3 Å². The monoisotopic (exact) mass is 524 g/mol. The number of carbonyl (C=O) groups excluding carboxylic acids is 2. The van der Waals surface area contributed by atoms with Crippen molar-refractivity contribution in [2.45, 2.75) is 57.8 Å². The van der Waals surface area contributed by atoms with E-state index >= 15 is 0 Å². The molecule has 1 amide bonds. The van der Waals surface area contributed by atoms with Crippen molar-refractivity contribution in [3.8, 4) is 0 Å². The van der Waals surface area contributed by atoms with Crippen LogP contribution in [0.4, 0.5) is 26.2 Å². The second kappa shape index (κ2) is 10.9. The van der Waals surface area contributed by atoms with E-state index in [1.807, 2.05) is 31.2 Å². The number of hydrogen-bond donors (Lipinski definition) is 2. The van der Waals surface area contributed by atoms with E-state index in [0.717, 1.165) is 37.8 Å². The summed E-state index contributed by atoms with van der Waals surface area (Å²) in [5.41, 5.74) is 2.44. The molecule has 0 aliphatic heterocycles. The van der Waals surface area contributed by atoms with E-state index in [1.165, 1.54) is 24.5 Å². The summed E-state index contributed by atoms with van der Waals surface area (Å²) in [6.07, 6.45) is 7.37. The molecule has 1 aromatic heterocycles. The van der Waals surface area contributed by atoms with Crippen molar-refractivity contribution in [1.29, 1.82) is 0 Å². The highest BCUT2D eigenvalue weighted by molar-refractivity contribution is 6.00. The van der Waals surface area contributed by atoms with E-state index in [0.29, 0.717) is 36.0 Å². The molecule has 3 aromatic rings. The summed E-state index contributed by atoms with van der Waals surface area (Å²) in [5.74, 6) is -1.97. The molecule has 5 rings (SSSR count). The maximum atomic E-state index is 13.4. The zero-order valence-corrected chi connectivity index (χ0v) is 21.1. The van der Waals surface area contributed by atoms with Gasteiger partial charge in [0, 0.05) is 23.9 Å². The summed E-state index contributed by atoms with van der Waals surface area (Å²) in [6.45, 7) is 2.28. The third-order valence-electron chi connectivity index (χ3n) is 7.68. The van der Waals surface area contributed by atoms with Gasteiger partial charge in [0.2, 0.25) is 0 Å². The van der Waals surface area contributed by atoms with Crippen LogP contribution >= 0.6 is 0 Å². The zero-order chi connectivity index (χ0) is 26.7. The van der Waals surface area contributed by atoms with Crippen LogP contribution < -0.4 is 10.6 Å². The lowest BCUT2D eigenvalue weighted by molar-refractivity contribution is -0.146. The number of hydrogen-bond acceptors (Lipinski definition) is 7. The molecule has 2 fully saturated rings. The molecule has 2 N–H and O–H groups in total. The van der Waals surface area contributed by atoms with Crippen LogP contribution in [0.5, 0.6) is 0 Å². The van der Waals surface area contributed by atoms with Gasteiger partial charge in [-0.2, -0.15) is 0 Å². The first-order chi connectivity index (χ1) is 18.3. The second-order valence-electron chi connectivity index (χ2n) is 10.3.